The molecule has 2 aliphatic carbocycles. The van der Waals surface area contributed by atoms with Gasteiger partial charge in [-0.3, -0.25) is 0 Å². The average molecular weight is 260 g/mol. The van der Waals surface area contributed by atoms with E-state index in [-0.39, 0.29) is 0 Å². The molecule has 0 bridgehead atoms. The highest BCUT2D eigenvalue weighted by Crippen LogP contribution is 2.46. The summed E-state index contributed by atoms with van der Waals surface area (Å²) in [4.78, 5) is 15.3. The lowest BCUT2D eigenvalue weighted by molar-refractivity contribution is 0.145. The number of aromatic nitrogens is 2. The standard InChI is InChI=1S/C13H12N2O4/c16-13(17)18-9-5-8(6-1-2-6)14-12-10(9)11(15-19-12)7-3-4-7/h5-7H,1-4H2,(H,16,17). The first kappa shape index (κ1) is 10.8. The molecule has 0 saturated heterocycles. The monoisotopic (exact) mass is 260 g/mol. The lowest BCUT2D eigenvalue weighted by atomic mass is 10.1. The van der Waals surface area contributed by atoms with Crippen molar-refractivity contribution >= 4 is 17.3 Å². The van der Waals surface area contributed by atoms with Gasteiger partial charge in [-0.2, -0.15) is 0 Å². The molecule has 4 rings (SSSR count). The molecule has 0 aromatic carbocycles. The quantitative estimate of drug-likeness (QED) is 0.853. The molecule has 2 heterocycles. The summed E-state index contributed by atoms with van der Waals surface area (Å²) in [5, 5.41) is 13.5. The highest BCUT2D eigenvalue weighted by atomic mass is 16.7. The zero-order valence-corrected chi connectivity index (χ0v) is 10.1. The molecule has 0 amide bonds. The maximum absolute atomic E-state index is 10.8. The summed E-state index contributed by atoms with van der Waals surface area (Å²) < 4.78 is 10.2. The first-order chi connectivity index (χ1) is 9.22. The predicted molar refractivity (Wildman–Crippen MR) is 64.4 cm³/mol. The van der Waals surface area contributed by atoms with Crippen molar-refractivity contribution in [2.75, 3.05) is 0 Å². The van der Waals surface area contributed by atoms with Gasteiger partial charge in [-0.25, -0.2) is 9.78 Å². The molecule has 19 heavy (non-hydrogen) atoms. The Morgan fingerprint density at radius 1 is 1.32 bits per heavy atom. The van der Waals surface area contributed by atoms with Crippen molar-refractivity contribution in [1.29, 1.82) is 0 Å². The number of hydrogen-bond donors (Lipinski definition) is 1. The Balaban J connectivity index is 1.90. The second-order valence-electron chi connectivity index (χ2n) is 5.21. The molecule has 6 heteroatoms. The lowest BCUT2D eigenvalue weighted by Crippen LogP contribution is -2.04. The Morgan fingerprint density at radius 3 is 2.68 bits per heavy atom. The summed E-state index contributed by atoms with van der Waals surface area (Å²) in [5.74, 6) is 1.06. The van der Waals surface area contributed by atoms with Gasteiger partial charge in [-0.1, -0.05) is 5.16 Å². The van der Waals surface area contributed by atoms with Crippen LogP contribution in [-0.2, 0) is 0 Å². The van der Waals surface area contributed by atoms with Crippen molar-refractivity contribution in [3.63, 3.8) is 0 Å². The number of pyridine rings is 1. The number of carbonyl (C=O) groups is 1. The van der Waals surface area contributed by atoms with E-state index in [0.717, 1.165) is 37.1 Å². The molecule has 1 N–H and O–H groups in total. The average Bonchev–Trinajstić information content (AvgIpc) is 3.25. The fourth-order valence-corrected chi connectivity index (χ4v) is 2.36. The van der Waals surface area contributed by atoms with Crippen LogP contribution in [0.3, 0.4) is 0 Å². The van der Waals surface area contributed by atoms with Crippen LogP contribution in [-0.4, -0.2) is 21.4 Å². The highest BCUT2D eigenvalue weighted by molar-refractivity contribution is 5.86. The van der Waals surface area contributed by atoms with Gasteiger partial charge in [0.05, 0.1) is 5.69 Å². The third-order valence-corrected chi connectivity index (χ3v) is 3.61. The van der Waals surface area contributed by atoms with Gasteiger partial charge in [-0.15, -0.1) is 0 Å². The molecular weight excluding hydrogens is 248 g/mol. The zero-order chi connectivity index (χ0) is 13.0. The second kappa shape index (κ2) is 3.69. The molecule has 2 aromatic rings. The molecular formula is C13H12N2O4. The van der Waals surface area contributed by atoms with Crippen LogP contribution in [0.1, 0.15) is 48.9 Å². The van der Waals surface area contributed by atoms with Gasteiger partial charge in [0.25, 0.3) is 5.71 Å². The predicted octanol–water partition coefficient (Wildman–Crippen LogP) is 3.03. The van der Waals surface area contributed by atoms with E-state index in [0.29, 0.717) is 28.7 Å². The van der Waals surface area contributed by atoms with Crippen LogP contribution in [0.5, 0.6) is 5.75 Å². The number of carboxylic acid groups (broad SMARTS) is 1. The van der Waals surface area contributed by atoms with Gasteiger partial charge in [-0.05, 0) is 25.7 Å². The topological polar surface area (TPSA) is 85.5 Å². The van der Waals surface area contributed by atoms with Crippen molar-refractivity contribution in [3.05, 3.63) is 17.5 Å². The van der Waals surface area contributed by atoms with E-state index >= 15 is 0 Å². The Hall–Kier alpha value is -2.11. The number of ether oxygens (including phenoxy) is 1. The fourth-order valence-electron chi connectivity index (χ4n) is 2.36. The van der Waals surface area contributed by atoms with Gasteiger partial charge >= 0.3 is 6.16 Å². The molecule has 0 aliphatic heterocycles. The van der Waals surface area contributed by atoms with Gasteiger partial charge in [0, 0.05) is 17.9 Å². The number of nitrogens with zero attached hydrogens (tertiary/aromatic N) is 2. The number of fused-ring (bicyclic) bond motifs is 1. The largest absolute Gasteiger partial charge is 0.511 e. The third kappa shape index (κ3) is 1.83. The molecule has 98 valence electrons. The summed E-state index contributed by atoms with van der Waals surface area (Å²) in [6.45, 7) is 0. The minimum absolute atomic E-state index is 0.308. The van der Waals surface area contributed by atoms with Gasteiger partial charge in [0.2, 0.25) is 0 Å². The molecule has 2 aromatic heterocycles. The van der Waals surface area contributed by atoms with E-state index in [2.05, 4.69) is 10.1 Å². The molecule has 6 nitrogen and oxygen atoms in total. The van der Waals surface area contributed by atoms with E-state index in [4.69, 9.17) is 14.4 Å². The maximum atomic E-state index is 10.8. The maximum Gasteiger partial charge on any atom is 0.511 e. The Kier molecular flexibility index (Phi) is 2.09. The smallest absolute Gasteiger partial charge is 0.449 e. The normalized spacial score (nSPS) is 18.7. The van der Waals surface area contributed by atoms with E-state index in [1.54, 1.807) is 6.07 Å². The summed E-state index contributed by atoms with van der Waals surface area (Å²) in [7, 11) is 0. The van der Waals surface area contributed by atoms with Gasteiger partial charge < -0.3 is 14.4 Å². The van der Waals surface area contributed by atoms with E-state index < -0.39 is 6.16 Å². The summed E-state index contributed by atoms with van der Waals surface area (Å²) >= 11 is 0. The van der Waals surface area contributed by atoms with Crippen molar-refractivity contribution in [2.24, 2.45) is 0 Å². The van der Waals surface area contributed by atoms with Crippen molar-refractivity contribution in [2.45, 2.75) is 37.5 Å². The second-order valence-corrected chi connectivity index (χ2v) is 5.21. The highest BCUT2D eigenvalue weighted by Gasteiger charge is 2.33. The van der Waals surface area contributed by atoms with Gasteiger partial charge in [0.15, 0.2) is 5.75 Å². The van der Waals surface area contributed by atoms with Crippen molar-refractivity contribution in [3.8, 4) is 5.75 Å². The number of hydrogen-bond acceptors (Lipinski definition) is 5. The summed E-state index contributed by atoms with van der Waals surface area (Å²) in [6.07, 6.45) is 2.94. The SMILES string of the molecule is O=C(O)Oc1cc(C2CC2)nc2onc(C3CC3)c12. The number of rotatable bonds is 3. The summed E-state index contributed by atoms with van der Waals surface area (Å²) in [5.41, 5.74) is 2.01. The van der Waals surface area contributed by atoms with Crippen LogP contribution >= 0.6 is 0 Å². The molecule has 2 fully saturated rings. The molecule has 2 aliphatic rings. The molecule has 0 unspecified atom stereocenters. The van der Waals surface area contributed by atoms with Crippen LogP contribution in [0.15, 0.2) is 10.6 Å². The van der Waals surface area contributed by atoms with Crippen molar-refractivity contribution in [1.82, 2.24) is 10.1 Å². The minimum Gasteiger partial charge on any atom is -0.449 e. The Labute approximate surface area is 108 Å². The van der Waals surface area contributed by atoms with Gasteiger partial charge in [0.1, 0.15) is 11.1 Å². The fraction of sp³-hybridized carbons (Fsp3) is 0.462. The van der Waals surface area contributed by atoms with E-state index in [1.165, 1.54) is 0 Å². The van der Waals surface area contributed by atoms with E-state index in [1.807, 2.05) is 0 Å². The Morgan fingerprint density at radius 2 is 2.05 bits per heavy atom. The molecule has 0 atom stereocenters. The third-order valence-electron chi connectivity index (χ3n) is 3.61. The molecule has 2 saturated carbocycles. The zero-order valence-electron chi connectivity index (χ0n) is 10.1. The van der Waals surface area contributed by atoms with Crippen LogP contribution in [0.4, 0.5) is 4.79 Å². The van der Waals surface area contributed by atoms with Crippen LogP contribution in [0, 0.1) is 0 Å². The van der Waals surface area contributed by atoms with Crippen LogP contribution < -0.4 is 4.74 Å². The van der Waals surface area contributed by atoms with Crippen molar-refractivity contribution < 1.29 is 19.2 Å². The first-order valence-corrected chi connectivity index (χ1v) is 6.43. The van der Waals surface area contributed by atoms with E-state index in [9.17, 15) is 4.79 Å². The molecule has 0 radical (unpaired) electrons. The van der Waals surface area contributed by atoms with Crippen LogP contribution in [0.2, 0.25) is 0 Å². The molecule has 0 spiro atoms. The van der Waals surface area contributed by atoms with Crippen LogP contribution in [0.25, 0.3) is 11.1 Å². The Bertz CT molecular complexity index is 671. The summed E-state index contributed by atoms with van der Waals surface area (Å²) in [6, 6.07) is 1.72. The lowest BCUT2D eigenvalue weighted by Gasteiger charge is -2.04. The first-order valence-electron chi connectivity index (χ1n) is 6.43. The minimum atomic E-state index is -1.32.